The van der Waals surface area contributed by atoms with Crippen LogP contribution in [-0.4, -0.2) is 24.8 Å². The van der Waals surface area contributed by atoms with Gasteiger partial charge in [-0.05, 0) is 17.8 Å². The van der Waals surface area contributed by atoms with Crippen LogP contribution in [-0.2, 0) is 9.53 Å². The molecule has 0 aromatic rings. The van der Waals surface area contributed by atoms with Gasteiger partial charge >= 0.3 is 5.97 Å². The SMILES string of the molecule is COCC1CC(C(=O)O)C1(C)C. The molecule has 0 aromatic heterocycles. The van der Waals surface area contributed by atoms with Crippen molar-refractivity contribution in [1.82, 2.24) is 0 Å². The van der Waals surface area contributed by atoms with E-state index in [0.717, 1.165) is 6.42 Å². The first-order valence-electron chi connectivity index (χ1n) is 4.22. The average Bonchev–Trinajstić information content (AvgIpc) is 1.96. The van der Waals surface area contributed by atoms with E-state index in [0.29, 0.717) is 12.5 Å². The Labute approximate surface area is 72.7 Å². The molecule has 3 heteroatoms. The molecule has 0 saturated heterocycles. The Morgan fingerprint density at radius 2 is 2.25 bits per heavy atom. The van der Waals surface area contributed by atoms with Gasteiger partial charge in [0, 0.05) is 13.7 Å². The van der Waals surface area contributed by atoms with Crippen molar-refractivity contribution in [1.29, 1.82) is 0 Å². The van der Waals surface area contributed by atoms with Gasteiger partial charge in [-0.25, -0.2) is 0 Å². The second-order valence-electron chi connectivity index (χ2n) is 4.10. The Morgan fingerprint density at radius 1 is 1.67 bits per heavy atom. The zero-order valence-electron chi connectivity index (χ0n) is 7.83. The van der Waals surface area contributed by atoms with Crippen molar-refractivity contribution in [3.05, 3.63) is 0 Å². The summed E-state index contributed by atoms with van der Waals surface area (Å²) in [6.07, 6.45) is 0.760. The van der Waals surface area contributed by atoms with E-state index in [4.69, 9.17) is 9.84 Å². The number of ether oxygens (including phenoxy) is 1. The molecule has 1 rings (SSSR count). The van der Waals surface area contributed by atoms with E-state index in [1.54, 1.807) is 7.11 Å². The monoisotopic (exact) mass is 172 g/mol. The summed E-state index contributed by atoms with van der Waals surface area (Å²) in [7, 11) is 1.66. The molecule has 2 unspecified atom stereocenters. The Morgan fingerprint density at radius 3 is 2.58 bits per heavy atom. The van der Waals surface area contributed by atoms with Crippen LogP contribution in [0.4, 0.5) is 0 Å². The van der Waals surface area contributed by atoms with E-state index in [2.05, 4.69) is 0 Å². The predicted molar refractivity (Wildman–Crippen MR) is 44.9 cm³/mol. The quantitative estimate of drug-likeness (QED) is 0.699. The molecule has 0 bridgehead atoms. The third-order valence-corrected chi connectivity index (χ3v) is 3.14. The molecule has 1 N–H and O–H groups in total. The molecular weight excluding hydrogens is 156 g/mol. The van der Waals surface area contributed by atoms with Crippen LogP contribution < -0.4 is 0 Å². The van der Waals surface area contributed by atoms with Gasteiger partial charge in [0.2, 0.25) is 0 Å². The van der Waals surface area contributed by atoms with E-state index >= 15 is 0 Å². The highest BCUT2D eigenvalue weighted by Crippen LogP contribution is 2.51. The summed E-state index contributed by atoms with van der Waals surface area (Å²) >= 11 is 0. The maximum absolute atomic E-state index is 10.7. The Kier molecular flexibility index (Phi) is 2.42. The van der Waals surface area contributed by atoms with Crippen LogP contribution in [0.5, 0.6) is 0 Å². The Bertz CT molecular complexity index is 186. The molecule has 3 nitrogen and oxygen atoms in total. The summed E-state index contributed by atoms with van der Waals surface area (Å²) in [5.41, 5.74) is -0.0954. The molecule has 1 saturated carbocycles. The summed E-state index contributed by atoms with van der Waals surface area (Å²) in [4.78, 5) is 10.7. The number of aliphatic carboxylic acids is 1. The molecule has 2 atom stereocenters. The highest BCUT2D eigenvalue weighted by atomic mass is 16.5. The maximum atomic E-state index is 10.7. The van der Waals surface area contributed by atoms with Gasteiger partial charge in [-0.3, -0.25) is 4.79 Å². The highest BCUT2D eigenvalue weighted by molar-refractivity contribution is 5.72. The van der Waals surface area contributed by atoms with Gasteiger partial charge < -0.3 is 9.84 Å². The summed E-state index contributed by atoms with van der Waals surface area (Å²) < 4.78 is 5.02. The van der Waals surface area contributed by atoms with Crippen molar-refractivity contribution < 1.29 is 14.6 Å². The van der Waals surface area contributed by atoms with Crippen LogP contribution in [0, 0.1) is 17.3 Å². The lowest BCUT2D eigenvalue weighted by Crippen LogP contribution is -2.50. The van der Waals surface area contributed by atoms with Crippen LogP contribution in [0.3, 0.4) is 0 Å². The van der Waals surface area contributed by atoms with Gasteiger partial charge in [0.05, 0.1) is 5.92 Å². The first-order chi connectivity index (χ1) is 5.50. The molecule has 0 spiro atoms. The molecule has 1 aliphatic carbocycles. The number of rotatable bonds is 3. The van der Waals surface area contributed by atoms with Crippen molar-refractivity contribution in [2.75, 3.05) is 13.7 Å². The third kappa shape index (κ3) is 1.33. The molecule has 0 aliphatic heterocycles. The second kappa shape index (κ2) is 3.05. The van der Waals surface area contributed by atoms with Crippen molar-refractivity contribution >= 4 is 5.97 Å². The molecule has 0 aromatic carbocycles. The van der Waals surface area contributed by atoms with Crippen LogP contribution in [0.25, 0.3) is 0 Å². The van der Waals surface area contributed by atoms with Crippen LogP contribution >= 0.6 is 0 Å². The molecule has 0 amide bonds. The highest BCUT2D eigenvalue weighted by Gasteiger charge is 2.51. The van der Waals surface area contributed by atoms with E-state index in [-0.39, 0.29) is 11.3 Å². The topological polar surface area (TPSA) is 46.5 Å². The third-order valence-electron chi connectivity index (χ3n) is 3.14. The van der Waals surface area contributed by atoms with Gasteiger partial charge in [0.15, 0.2) is 0 Å². The average molecular weight is 172 g/mol. The lowest BCUT2D eigenvalue weighted by Gasteiger charge is -2.49. The summed E-state index contributed by atoms with van der Waals surface area (Å²) in [6, 6.07) is 0. The lowest BCUT2D eigenvalue weighted by molar-refractivity contribution is -0.161. The fraction of sp³-hybridized carbons (Fsp3) is 0.889. The number of methoxy groups -OCH3 is 1. The standard InChI is InChI=1S/C9H16O3/c1-9(2)6(5-12-3)4-7(9)8(10)11/h6-7H,4-5H2,1-3H3,(H,10,11). The molecule has 1 fully saturated rings. The number of carboxylic acid groups (broad SMARTS) is 1. The number of carbonyl (C=O) groups is 1. The molecule has 1 aliphatic rings. The minimum Gasteiger partial charge on any atom is -0.481 e. The van der Waals surface area contributed by atoms with Gasteiger partial charge in [0.1, 0.15) is 0 Å². The number of hydrogen-bond donors (Lipinski definition) is 1. The number of carboxylic acids is 1. The van der Waals surface area contributed by atoms with E-state index in [1.807, 2.05) is 13.8 Å². The Hall–Kier alpha value is -0.570. The van der Waals surface area contributed by atoms with Gasteiger partial charge in [-0.15, -0.1) is 0 Å². The molecule has 0 radical (unpaired) electrons. The summed E-state index contributed by atoms with van der Waals surface area (Å²) in [5, 5.41) is 8.81. The van der Waals surface area contributed by atoms with Crippen molar-refractivity contribution in [2.45, 2.75) is 20.3 Å². The minimum atomic E-state index is -0.674. The molecule has 70 valence electrons. The van der Waals surface area contributed by atoms with Gasteiger partial charge in [0.25, 0.3) is 0 Å². The van der Waals surface area contributed by atoms with E-state index < -0.39 is 5.97 Å². The number of hydrogen-bond acceptors (Lipinski definition) is 2. The van der Waals surface area contributed by atoms with E-state index in [9.17, 15) is 4.79 Å². The van der Waals surface area contributed by atoms with Gasteiger partial charge in [-0.1, -0.05) is 13.8 Å². The molecule has 0 heterocycles. The lowest BCUT2D eigenvalue weighted by atomic mass is 9.55. The van der Waals surface area contributed by atoms with E-state index in [1.165, 1.54) is 0 Å². The van der Waals surface area contributed by atoms with Crippen LogP contribution in [0.2, 0.25) is 0 Å². The minimum absolute atomic E-state index is 0.0954. The fourth-order valence-electron chi connectivity index (χ4n) is 1.92. The normalized spacial score (nSPS) is 32.6. The molecule has 12 heavy (non-hydrogen) atoms. The second-order valence-corrected chi connectivity index (χ2v) is 4.10. The fourth-order valence-corrected chi connectivity index (χ4v) is 1.92. The van der Waals surface area contributed by atoms with Crippen molar-refractivity contribution in [3.8, 4) is 0 Å². The Balaban J connectivity index is 2.53. The smallest absolute Gasteiger partial charge is 0.307 e. The van der Waals surface area contributed by atoms with Gasteiger partial charge in [-0.2, -0.15) is 0 Å². The summed E-state index contributed by atoms with van der Waals surface area (Å²) in [5.74, 6) is -0.450. The van der Waals surface area contributed by atoms with Crippen LogP contribution in [0.15, 0.2) is 0 Å². The zero-order valence-corrected chi connectivity index (χ0v) is 7.83. The predicted octanol–water partition coefficient (Wildman–Crippen LogP) is 1.38. The summed E-state index contributed by atoms with van der Waals surface area (Å²) in [6.45, 7) is 4.68. The van der Waals surface area contributed by atoms with Crippen molar-refractivity contribution in [2.24, 2.45) is 17.3 Å². The first kappa shape index (κ1) is 9.52. The first-order valence-corrected chi connectivity index (χ1v) is 4.22. The van der Waals surface area contributed by atoms with Crippen LogP contribution in [0.1, 0.15) is 20.3 Å². The van der Waals surface area contributed by atoms with Crippen molar-refractivity contribution in [3.63, 3.8) is 0 Å². The zero-order chi connectivity index (χ0) is 9.35. The molecular formula is C9H16O3. The largest absolute Gasteiger partial charge is 0.481 e. The maximum Gasteiger partial charge on any atom is 0.307 e.